The summed E-state index contributed by atoms with van der Waals surface area (Å²) in [7, 11) is 0. The summed E-state index contributed by atoms with van der Waals surface area (Å²) in [5.41, 5.74) is 5.25. The fourth-order valence-corrected chi connectivity index (χ4v) is 12.6. The largest absolute Gasteiger partial charge is 0.333 e. The van der Waals surface area contributed by atoms with E-state index >= 15 is 0 Å². The second-order valence-corrected chi connectivity index (χ2v) is 20.3. The standard InChI is InChI=1S/C17H25N3O4S2.C14H19N3O5S.C6H10N2O2S/c21-10(5-3-7-25-13-8-14(22)19-16(13)23)4-1-2-6-12-15-11(9-26-12)18-17(24)20-15;18-10-5-6-11(19)17(10)22-12(20)4-2-1-3-9-13-8(7-23-9)15-14(21)16-13;7-1-2-11-4-3-5(9)8-6(4)10/h11-13,15H,1-9H2,(H2,18,20,24)(H,19,22,23);8-9,13H,1-7H2,(H2,15,16,21);4H,1-3,7H2,(H,8,9,10)/t11-,12?,13?,15-;8-,9?,13-;/m00./s1. The van der Waals surface area contributed by atoms with E-state index in [2.05, 4.69) is 31.9 Å². The van der Waals surface area contributed by atoms with Gasteiger partial charge in [-0.05, 0) is 37.9 Å². The highest BCUT2D eigenvalue weighted by atomic mass is 32.2. The van der Waals surface area contributed by atoms with Crippen LogP contribution < -0.4 is 37.6 Å². The summed E-state index contributed by atoms with van der Waals surface area (Å²) < 4.78 is 0. The molecule has 7 rings (SSSR count). The molecule has 0 spiro atoms. The van der Waals surface area contributed by atoms with Gasteiger partial charge in [0.05, 0.1) is 34.7 Å². The Kier molecular flexibility index (Phi) is 18.7. The molecule has 60 heavy (non-hydrogen) atoms. The molecule has 23 heteroatoms. The summed E-state index contributed by atoms with van der Waals surface area (Å²) in [6.07, 6.45) is 8.13. The van der Waals surface area contributed by atoms with Crippen LogP contribution in [0.1, 0.15) is 89.9 Å². The number of thioether (sulfide) groups is 4. The van der Waals surface area contributed by atoms with Crippen molar-refractivity contribution in [2.24, 2.45) is 5.73 Å². The number of hydroxylamine groups is 2. The number of hydrogen-bond donors (Lipinski definition) is 7. The smallest absolute Gasteiger partial charge is 0.332 e. The fourth-order valence-electron chi connectivity index (χ4n) is 7.53. The second kappa shape index (κ2) is 23.6. The molecule has 0 aromatic heterocycles. The number of hydrogen-bond acceptors (Lipinski definition) is 16. The Labute approximate surface area is 364 Å². The Bertz CT molecular complexity index is 1640. The predicted octanol–water partition coefficient (Wildman–Crippen LogP) is 0.623. The van der Waals surface area contributed by atoms with Crippen molar-refractivity contribution < 1.29 is 52.8 Å². The zero-order chi connectivity index (χ0) is 43.2. The minimum Gasteiger partial charge on any atom is -0.332 e. The first kappa shape index (κ1) is 47.5. The quantitative estimate of drug-likeness (QED) is 0.0532. The molecule has 7 aliphatic heterocycles. The minimum absolute atomic E-state index is 0.0576. The first-order chi connectivity index (χ1) is 28.8. The number of Topliss-reactive ketones (excluding diaryl/α,β-unsaturated/α-hetero) is 1. The molecule has 4 unspecified atom stereocenters. The molecule has 0 saturated carbocycles. The third-order valence-electron chi connectivity index (χ3n) is 10.6. The van der Waals surface area contributed by atoms with Crippen molar-refractivity contribution in [1.82, 2.24) is 37.0 Å². The maximum absolute atomic E-state index is 12.0. The van der Waals surface area contributed by atoms with E-state index in [9.17, 15) is 47.9 Å². The van der Waals surface area contributed by atoms with Gasteiger partial charge < -0.3 is 31.8 Å². The van der Waals surface area contributed by atoms with Crippen LogP contribution in [0.25, 0.3) is 0 Å². The van der Waals surface area contributed by atoms with E-state index in [-0.39, 0.29) is 102 Å². The highest BCUT2D eigenvalue weighted by Gasteiger charge is 2.44. The molecule has 0 bridgehead atoms. The number of fused-ring (bicyclic) bond motifs is 2. The van der Waals surface area contributed by atoms with Gasteiger partial charge >= 0.3 is 18.0 Å². The summed E-state index contributed by atoms with van der Waals surface area (Å²) in [5.74, 6) is 1.38. The predicted molar refractivity (Wildman–Crippen MR) is 226 cm³/mol. The maximum Gasteiger partial charge on any atom is 0.333 e. The number of carbonyl (C=O) groups is 10. The zero-order valence-corrected chi connectivity index (χ0v) is 36.5. The van der Waals surface area contributed by atoms with E-state index in [0.29, 0.717) is 47.8 Å². The van der Waals surface area contributed by atoms with Gasteiger partial charge in [-0.2, -0.15) is 23.5 Å². The highest BCUT2D eigenvalue weighted by Crippen LogP contribution is 2.34. The summed E-state index contributed by atoms with van der Waals surface area (Å²) >= 11 is 6.64. The molecule has 8 atom stereocenters. The van der Waals surface area contributed by atoms with Gasteiger partial charge in [0.25, 0.3) is 11.8 Å². The van der Waals surface area contributed by atoms with Gasteiger partial charge in [0.15, 0.2) is 0 Å². The minimum atomic E-state index is -0.554. The van der Waals surface area contributed by atoms with E-state index in [0.717, 1.165) is 61.5 Å². The second-order valence-electron chi connectivity index (χ2n) is 15.2. The Morgan fingerprint density at radius 1 is 0.650 bits per heavy atom. The van der Waals surface area contributed by atoms with Crippen LogP contribution in [0.3, 0.4) is 0 Å². The topological polar surface area (TPSA) is 281 Å². The Hall–Kier alpha value is -3.54. The number of urea groups is 2. The molecule has 7 aliphatic rings. The van der Waals surface area contributed by atoms with Crippen LogP contribution in [0.5, 0.6) is 0 Å². The van der Waals surface area contributed by atoms with Crippen LogP contribution in [0.15, 0.2) is 0 Å². The molecular formula is C37H54N8O11S4. The molecule has 7 saturated heterocycles. The van der Waals surface area contributed by atoms with Crippen molar-refractivity contribution in [3.05, 3.63) is 0 Å². The van der Waals surface area contributed by atoms with Crippen molar-refractivity contribution in [3.63, 3.8) is 0 Å². The van der Waals surface area contributed by atoms with Crippen LogP contribution in [0.2, 0.25) is 0 Å². The summed E-state index contributed by atoms with van der Waals surface area (Å²) in [4.78, 5) is 118. The number of nitrogens with one attached hydrogen (secondary N) is 6. The van der Waals surface area contributed by atoms with Crippen LogP contribution in [-0.2, 0) is 43.2 Å². The molecule has 0 aromatic rings. The van der Waals surface area contributed by atoms with Crippen LogP contribution in [0, 0.1) is 0 Å². The number of amides is 10. The lowest BCUT2D eigenvalue weighted by atomic mass is 10.0. The van der Waals surface area contributed by atoms with E-state index in [1.165, 1.54) is 23.5 Å². The molecule has 10 amide bonds. The fraction of sp³-hybridized carbons (Fsp3) is 0.730. The average molecular weight is 915 g/mol. The Balaban J connectivity index is 0.000000184. The Morgan fingerprint density at radius 2 is 1.13 bits per heavy atom. The van der Waals surface area contributed by atoms with Gasteiger partial charge in [0.2, 0.25) is 23.6 Å². The third-order valence-corrected chi connectivity index (χ3v) is 16.2. The number of unbranched alkanes of at least 4 members (excludes halogenated alkanes) is 2. The van der Waals surface area contributed by atoms with Gasteiger partial charge in [0.1, 0.15) is 5.78 Å². The molecular weight excluding hydrogens is 861 g/mol. The van der Waals surface area contributed by atoms with Crippen molar-refractivity contribution >= 4 is 106 Å². The molecule has 7 heterocycles. The van der Waals surface area contributed by atoms with Gasteiger partial charge in [-0.15, -0.1) is 28.6 Å². The van der Waals surface area contributed by atoms with Gasteiger partial charge in [-0.25, -0.2) is 14.4 Å². The average Bonchev–Trinajstić information content (AvgIpc) is 4.08. The molecule has 0 aliphatic carbocycles. The summed E-state index contributed by atoms with van der Waals surface area (Å²) in [6.45, 7) is 0.544. The van der Waals surface area contributed by atoms with E-state index in [1.54, 1.807) is 0 Å². The number of imide groups is 3. The molecule has 0 radical (unpaired) electrons. The summed E-state index contributed by atoms with van der Waals surface area (Å²) in [5, 5.41) is 17.2. The lowest BCUT2D eigenvalue weighted by Gasteiger charge is -2.16. The van der Waals surface area contributed by atoms with Crippen molar-refractivity contribution in [3.8, 4) is 0 Å². The molecule has 8 N–H and O–H groups in total. The van der Waals surface area contributed by atoms with Crippen LogP contribution >= 0.6 is 47.0 Å². The Morgan fingerprint density at radius 3 is 1.62 bits per heavy atom. The third kappa shape index (κ3) is 14.3. The van der Waals surface area contributed by atoms with Crippen LogP contribution in [0.4, 0.5) is 9.59 Å². The number of nitrogens with two attached hydrogens (primary N) is 1. The monoisotopic (exact) mass is 914 g/mol. The van der Waals surface area contributed by atoms with Gasteiger partial charge in [-0.3, -0.25) is 44.2 Å². The van der Waals surface area contributed by atoms with Crippen molar-refractivity contribution in [2.45, 2.75) is 135 Å². The zero-order valence-electron chi connectivity index (χ0n) is 33.2. The van der Waals surface area contributed by atoms with Crippen LogP contribution in [-0.4, -0.2) is 139 Å². The number of rotatable bonds is 19. The van der Waals surface area contributed by atoms with Gasteiger partial charge in [0, 0.05) is 79.2 Å². The maximum atomic E-state index is 12.0. The number of nitrogens with zero attached hydrogens (tertiary/aromatic N) is 1. The molecule has 0 aromatic carbocycles. The highest BCUT2D eigenvalue weighted by molar-refractivity contribution is 8.01. The normalized spacial score (nSPS) is 28.7. The van der Waals surface area contributed by atoms with E-state index < -0.39 is 17.8 Å². The molecule has 19 nitrogen and oxygen atoms in total. The first-order valence-corrected chi connectivity index (χ1v) is 24.6. The van der Waals surface area contributed by atoms with E-state index in [1.807, 2.05) is 23.5 Å². The lowest BCUT2D eigenvalue weighted by Crippen LogP contribution is -2.36. The molecule has 7 fully saturated rings. The number of ketones is 1. The van der Waals surface area contributed by atoms with Crippen molar-refractivity contribution in [2.75, 3.05) is 29.6 Å². The number of carbonyl (C=O) groups excluding carboxylic acids is 10. The SMILES string of the molecule is NCCSC1CC(=O)NC1=O.O=C(CCCCC1SC[C@@H]2NC(=O)N[C@H]12)CCCSC1CC(=O)NC1=O.O=C1N[C@H]2CSC(CCCCC(=O)ON3C(=O)CCC3=O)[C@H]2N1. The summed E-state index contributed by atoms with van der Waals surface area (Å²) in [6, 6.07) is 0.703. The van der Waals surface area contributed by atoms with Crippen molar-refractivity contribution in [1.29, 1.82) is 0 Å². The molecule has 332 valence electrons. The lowest BCUT2D eigenvalue weighted by molar-refractivity contribution is -0.197. The van der Waals surface area contributed by atoms with E-state index in [4.69, 9.17) is 10.6 Å². The van der Waals surface area contributed by atoms with Gasteiger partial charge in [-0.1, -0.05) is 12.8 Å². The first-order valence-electron chi connectivity index (χ1n) is 20.4.